The number of carbonyl (C=O) groups is 2. The zero-order chi connectivity index (χ0) is 16.5. The molecule has 2 N–H and O–H groups in total. The molecule has 1 aliphatic heterocycles. The Hall–Kier alpha value is -1.79. The SMILES string of the molecule is CNCC1CCN(C(=O)CNC(=O)COc2ccccc2)CC1.Cl. The molecule has 0 radical (unpaired) electrons. The smallest absolute Gasteiger partial charge is 0.258 e. The highest BCUT2D eigenvalue weighted by Crippen LogP contribution is 2.16. The molecule has 1 aromatic rings. The van der Waals surface area contributed by atoms with Crippen LogP contribution in [-0.2, 0) is 9.59 Å². The lowest BCUT2D eigenvalue weighted by Gasteiger charge is -2.32. The summed E-state index contributed by atoms with van der Waals surface area (Å²) >= 11 is 0. The number of benzene rings is 1. The summed E-state index contributed by atoms with van der Waals surface area (Å²) in [5, 5.41) is 5.79. The summed E-state index contributed by atoms with van der Waals surface area (Å²) in [6.07, 6.45) is 2.02. The molecular weight excluding hydrogens is 330 g/mol. The van der Waals surface area contributed by atoms with Crippen molar-refractivity contribution in [2.75, 3.05) is 39.8 Å². The molecule has 134 valence electrons. The van der Waals surface area contributed by atoms with Gasteiger partial charge in [-0.1, -0.05) is 18.2 Å². The highest BCUT2D eigenvalue weighted by atomic mass is 35.5. The van der Waals surface area contributed by atoms with Gasteiger partial charge in [0.1, 0.15) is 5.75 Å². The topological polar surface area (TPSA) is 70.7 Å². The summed E-state index contributed by atoms with van der Waals surface area (Å²) < 4.78 is 5.34. The van der Waals surface area contributed by atoms with Gasteiger partial charge in [0.25, 0.3) is 5.91 Å². The van der Waals surface area contributed by atoms with Gasteiger partial charge in [-0.05, 0) is 44.5 Å². The number of rotatable bonds is 7. The summed E-state index contributed by atoms with van der Waals surface area (Å²) in [7, 11) is 1.95. The number of hydrogen-bond acceptors (Lipinski definition) is 4. The van der Waals surface area contributed by atoms with Crippen LogP contribution in [0.3, 0.4) is 0 Å². The van der Waals surface area contributed by atoms with Gasteiger partial charge >= 0.3 is 0 Å². The number of nitrogens with one attached hydrogen (secondary N) is 2. The summed E-state index contributed by atoms with van der Waals surface area (Å²) in [5.41, 5.74) is 0. The van der Waals surface area contributed by atoms with Crippen LogP contribution in [0, 0.1) is 5.92 Å². The molecule has 0 unspecified atom stereocenters. The van der Waals surface area contributed by atoms with Crippen molar-refractivity contribution in [1.29, 1.82) is 0 Å². The van der Waals surface area contributed by atoms with Gasteiger partial charge in [-0.25, -0.2) is 0 Å². The molecule has 2 rings (SSSR count). The van der Waals surface area contributed by atoms with E-state index >= 15 is 0 Å². The quantitative estimate of drug-likeness (QED) is 0.767. The molecule has 0 bridgehead atoms. The van der Waals surface area contributed by atoms with E-state index in [2.05, 4.69) is 10.6 Å². The standard InChI is InChI=1S/C17H25N3O3.ClH/c1-18-11-14-7-9-20(10-8-14)17(22)12-19-16(21)13-23-15-5-3-2-4-6-15;/h2-6,14,18H,7-13H2,1H3,(H,19,21);1H. The second-order valence-corrected chi connectivity index (χ2v) is 5.76. The fraction of sp³-hybridized carbons (Fsp3) is 0.529. The van der Waals surface area contributed by atoms with Gasteiger partial charge in [0, 0.05) is 13.1 Å². The monoisotopic (exact) mass is 355 g/mol. The Morgan fingerprint density at radius 2 is 1.88 bits per heavy atom. The van der Waals surface area contributed by atoms with Gasteiger partial charge in [-0.3, -0.25) is 9.59 Å². The number of piperidine rings is 1. The number of nitrogens with zero attached hydrogens (tertiary/aromatic N) is 1. The van der Waals surface area contributed by atoms with Crippen molar-refractivity contribution in [1.82, 2.24) is 15.5 Å². The Kier molecular flexibility index (Phi) is 9.19. The first kappa shape index (κ1) is 20.3. The largest absolute Gasteiger partial charge is 0.484 e. The number of ether oxygens (including phenoxy) is 1. The molecule has 6 nitrogen and oxygen atoms in total. The van der Waals surface area contributed by atoms with E-state index in [-0.39, 0.29) is 37.4 Å². The van der Waals surface area contributed by atoms with Crippen molar-refractivity contribution in [3.05, 3.63) is 30.3 Å². The van der Waals surface area contributed by atoms with E-state index in [9.17, 15) is 9.59 Å². The Morgan fingerprint density at radius 1 is 1.21 bits per heavy atom. The number of halogens is 1. The number of carbonyl (C=O) groups excluding carboxylic acids is 2. The molecule has 1 fully saturated rings. The first-order valence-electron chi connectivity index (χ1n) is 8.06. The maximum atomic E-state index is 12.1. The summed E-state index contributed by atoms with van der Waals surface area (Å²) in [5.74, 6) is 0.965. The molecule has 24 heavy (non-hydrogen) atoms. The molecule has 1 aromatic carbocycles. The van der Waals surface area contributed by atoms with Gasteiger partial charge in [-0.15, -0.1) is 12.4 Å². The third-order valence-corrected chi connectivity index (χ3v) is 4.01. The average Bonchev–Trinajstić information content (AvgIpc) is 2.59. The van der Waals surface area contributed by atoms with Gasteiger partial charge in [-0.2, -0.15) is 0 Å². The van der Waals surface area contributed by atoms with Crippen molar-refractivity contribution in [2.24, 2.45) is 5.92 Å². The lowest BCUT2D eigenvalue weighted by atomic mass is 9.97. The minimum absolute atomic E-state index is 0. The van der Waals surface area contributed by atoms with E-state index < -0.39 is 0 Å². The molecular formula is C17H26ClN3O3. The summed E-state index contributed by atoms with van der Waals surface area (Å²) in [6, 6.07) is 9.13. The van der Waals surface area contributed by atoms with Crippen molar-refractivity contribution in [3.63, 3.8) is 0 Å². The van der Waals surface area contributed by atoms with Crippen molar-refractivity contribution < 1.29 is 14.3 Å². The summed E-state index contributed by atoms with van der Waals surface area (Å²) in [6.45, 7) is 2.48. The van der Waals surface area contributed by atoms with Crippen molar-refractivity contribution >= 4 is 24.2 Å². The van der Waals surface area contributed by atoms with Crippen LogP contribution in [-0.4, -0.2) is 56.5 Å². The van der Waals surface area contributed by atoms with Gasteiger partial charge in [0.2, 0.25) is 5.91 Å². The van der Waals surface area contributed by atoms with Crippen LogP contribution >= 0.6 is 12.4 Å². The molecule has 1 saturated heterocycles. The van der Waals surface area contributed by atoms with Crippen LogP contribution in [0.4, 0.5) is 0 Å². The van der Waals surface area contributed by atoms with Crippen LogP contribution in [0.5, 0.6) is 5.75 Å². The second-order valence-electron chi connectivity index (χ2n) is 5.76. The first-order chi connectivity index (χ1) is 11.2. The van der Waals surface area contributed by atoms with Crippen LogP contribution in [0.25, 0.3) is 0 Å². The van der Waals surface area contributed by atoms with E-state index in [4.69, 9.17) is 4.74 Å². The molecule has 2 amide bonds. The number of para-hydroxylation sites is 1. The van der Waals surface area contributed by atoms with Crippen LogP contribution in [0.1, 0.15) is 12.8 Å². The van der Waals surface area contributed by atoms with E-state index in [1.807, 2.05) is 30.1 Å². The van der Waals surface area contributed by atoms with Gasteiger partial charge in [0.05, 0.1) is 6.54 Å². The lowest BCUT2D eigenvalue weighted by molar-refractivity contribution is -0.134. The van der Waals surface area contributed by atoms with Gasteiger partial charge < -0.3 is 20.3 Å². The van der Waals surface area contributed by atoms with E-state index in [0.29, 0.717) is 11.7 Å². The van der Waals surface area contributed by atoms with Crippen molar-refractivity contribution in [3.8, 4) is 5.75 Å². The molecule has 1 heterocycles. The van der Waals surface area contributed by atoms with Crippen LogP contribution < -0.4 is 15.4 Å². The van der Waals surface area contributed by atoms with Crippen LogP contribution in [0.15, 0.2) is 30.3 Å². The number of amides is 2. The third kappa shape index (κ3) is 6.76. The molecule has 0 aromatic heterocycles. The molecule has 7 heteroatoms. The average molecular weight is 356 g/mol. The predicted octanol–water partition coefficient (Wildman–Crippen LogP) is 1.06. The minimum Gasteiger partial charge on any atom is -0.484 e. The van der Waals surface area contributed by atoms with Crippen molar-refractivity contribution in [2.45, 2.75) is 12.8 Å². The Morgan fingerprint density at radius 3 is 2.50 bits per heavy atom. The molecule has 0 atom stereocenters. The lowest BCUT2D eigenvalue weighted by Crippen LogP contribution is -2.45. The zero-order valence-corrected chi connectivity index (χ0v) is 14.8. The maximum Gasteiger partial charge on any atom is 0.258 e. The molecule has 0 aliphatic carbocycles. The fourth-order valence-corrected chi connectivity index (χ4v) is 2.68. The number of likely N-dealkylation sites (tertiary alicyclic amines) is 1. The molecule has 0 spiro atoms. The predicted molar refractivity (Wildman–Crippen MR) is 95.4 cm³/mol. The zero-order valence-electron chi connectivity index (χ0n) is 14.0. The first-order valence-corrected chi connectivity index (χ1v) is 8.06. The van der Waals surface area contributed by atoms with E-state index in [0.717, 1.165) is 32.5 Å². The Labute approximate surface area is 149 Å². The Bertz CT molecular complexity index is 505. The highest BCUT2D eigenvalue weighted by Gasteiger charge is 2.22. The van der Waals surface area contributed by atoms with E-state index in [1.54, 1.807) is 12.1 Å². The highest BCUT2D eigenvalue weighted by molar-refractivity contribution is 5.85. The second kappa shape index (κ2) is 10.9. The molecule has 0 saturated carbocycles. The van der Waals surface area contributed by atoms with Crippen LogP contribution in [0.2, 0.25) is 0 Å². The normalized spacial score (nSPS) is 14.6. The number of hydrogen-bond donors (Lipinski definition) is 2. The van der Waals surface area contributed by atoms with E-state index in [1.165, 1.54) is 0 Å². The minimum atomic E-state index is -0.285. The van der Waals surface area contributed by atoms with Gasteiger partial charge in [0.15, 0.2) is 6.61 Å². The fourth-order valence-electron chi connectivity index (χ4n) is 2.68. The summed E-state index contributed by atoms with van der Waals surface area (Å²) in [4.78, 5) is 25.6. The maximum absolute atomic E-state index is 12.1. The Balaban J connectivity index is 0.00000288. The molecule has 1 aliphatic rings. The third-order valence-electron chi connectivity index (χ3n) is 4.01.